The van der Waals surface area contributed by atoms with Crippen molar-refractivity contribution < 1.29 is 18.0 Å². The number of carbonyl (C=O) groups is 2. The Kier molecular flexibility index (Phi) is 5.43. The highest BCUT2D eigenvalue weighted by atomic mass is 32.2. The number of benzene rings is 2. The maximum Gasteiger partial charge on any atom is 0.266 e. The summed E-state index contributed by atoms with van der Waals surface area (Å²) in [6.07, 6.45) is 1.46. The van der Waals surface area contributed by atoms with Gasteiger partial charge in [0.1, 0.15) is 0 Å². The monoisotopic (exact) mass is 386 g/mol. The molecule has 2 aromatic rings. The molecular weight excluding hydrogens is 364 g/mol. The molecule has 6 nitrogen and oxygen atoms in total. The molecule has 2 amide bonds. The molecule has 142 valence electrons. The second-order valence-corrected chi connectivity index (χ2v) is 8.33. The molecule has 0 saturated heterocycles. The summed E-state index contributed by atoms with van der Waals surface area (Å²) in [5.74, 6) is -0.797. The fraction of sp³-hybridized carbons (Fsp3) is 0.300. The molecule has 0 spiro atoms. The molecule has 1 heterocycles. The van der Waals surface area contributed by atoms with E-state index in [-0.39, 0.29) is 4.90 Å². The molecule has 0 radical (unpaired) electrons. The zero-order valence-corrected chi connectivity index (χ0v) is 16.2. The summed E-state index contributed by atoms with van der Waals surface area (Å²) in [4.78, 5) is 26.3. The number of rotatable bonds is 7. The SMILES string of the molecule is CCCN(CCC)S(=O)(=O)c1ccc(N2C(=O)c3ccccc3C2=O)cc1. The highest BCUT2D eigenvalue weighted by Crippen LogP contribution is 2.29. The van der Waals surface area contributed by atoms with Crippen LogP contribution in [0.2, 0.25) is 0 Å². The standard InChI is InChI=1S/C20H22N2O4S/c1-3-13-21(14-4-2)27(25,26)16-11-9-15(10-12-16)22-19(23)17-7-5-6-8-18(17)20(22)24/h5-12H,3-4,13-14H2,1-2H3. The van der Waals surface area contributed by atoms with E-state index in [0.29, 0.717) is 29.9 Å². The molecule has 0 aliphatic carbocycles. The lowest BCUT2D eigenvalue weighted by molar-refractivity contribution is 0.0926. The third-order valence-corrected chi connectivity index (χ3v) is 6.39. The van der Waals surface area contributed by atoms with Crippen molar-refractivity contribution in [1.29, 1.82) is 0 Å². The summed E-state index contributed by atoms with van der Waals surface area (Å²) in [5, 5.41) is 0. The van der Waals surface area contributed by atoms with E-state index in [0.717, 1.165) is 17.7 Å². The average Bonchev–Trinajstić information content (AvgIpc) is 2.93. The van der Waals surface area contributed by atoms with Crippen LogP contribution < -0.4 is 4.90 Å². The molecule has 0 aromatic heterocycles. The Bertz CT molecular complexity index is 927. The van der Waals surface area contributed by atoms with E-state index < -0.39 is 21.8 Å². The topological polar surface area (TPSA) is 74.8 Å². The lowest BCUT2D eigenvalue weighted by Gasteiger charge is -2.21. The van der Waals surface area contributed by atoms with Gasteiger partial charge in [0.25, 0.3) is 11.8 Å². The molecule has 0 bridgehead atoms. The number of fused-ring (bicyclic) bond motifs is 1. The first kappa shape index (κ1) is 19.3. The first-order valence-electron chi connectivity index (χ1n) is 8.99. The number of hydrogen-bond donors (Lipinski definition) is 0. The van der Waals surface area contributed by atoms with Crippen molar-refractivity contribution >= 4 is 27.5 Å². The molecule has 0 fully saturated rings. The molecule has 1 aliphatic heterocycles. The Balaban J connectivity index is 1.90. The summed E-state index contributed by atoms with van der Waals surface area (Å²) in [6, 6.07) is 12.6. The van der Waals surface area contributed by atoms with Crippen LogP contribution in [-0.4, -0.2) is 37.6 Å². The van der Waals surface area contributed by atoms with E-state index in [2.05, 4.69) is 0 Å². The molecular formula is C20H22N2O4S. The van der Waals surface area contributed by atoms with Crippen LogP contribution >= 0.6 is 0 Å². The minimum Gasteiger partial charge on any atom is -0.268 e. The second-order valence-electron chi connectivity index (χ2n) is 6.39. The number of imide groups is 1. The molecule has 3 rings (SSSR count). The quantitative estimate of drug-likeness (QED) is 0.684. The maximum absolute atomic E-state index is 12.8. The van der Waals surface area contributed by atoms with Crippen molar-refractivity contribution in [1.82, 2.24) is 4.31 Å². The number of anilines is 1. The zero-order valence-electron chi connectivity index (χ0n) is 15.4. The van der Waals surface area contributed by atoms with Crippen LogP contribution in [0.25, 0.3) is 0 Å². The molecule has 27 heavy (non-hydrogen) atoms. The maximum atomic E-state index is 12.8. The van der Waals surface area contributed by atoms with Crippen molar-refractivity contribution in [3.05, 3.63) is 59.7 Å². The van der Waals surface area contributed by atoms with E-state index in [1.165, 1.54) is 28.6 Å². The van der Waals surface area contributed by atoms with E-state index in [1.54, 1.807) is 24.3 Å². The van der Waals surface area contributed by atoms with Gasteiger partial charge in [0, 0.05) is 13.1 Å². The van der Waals surface area contributed by atoms with Crippen LogP contribution in [0.15, 0.2) is 53.4 Å². The fourth-order valence-corrected chi connectivity index (χ4v) is 4.81. The van der Waals surface area contributed by atoms with Crippen molar-refractivity contribution in [2.75, 3.05) is 18.0 Å². The number of hydrogen-bond acceptors (Lipinski definition) is 4. The van der Waals surface area contributed by atoms with Crippen LogP contribution in [-0.2, 0) is 10.0 Å². The van der Waals surface area contributed by atoms with Gasteiger partial charge in [0.15, 0.2) is 0 Å². The van der Waals surface area contributed by atoms with Gasteiger partial charge in [-0.2, -0.15) is 4.31 Å². The summed E-state index contributed by atoms with van der Waals surface area (Å²) in [7, 11) is -3.60. The van der Waals surface area contributed by atoms with Gasteiger partial charge < -0.3 is 0 Å². The first-order chi connectivity index (χ1) is 12.9. The number of carbonyl (C=O) groups excluding carboxylic acids is 2. The molecule has 7 heteroatoms. The second kappa shape index (κ2) is 7.62. The van der Waals surface area contributed by atoms with E-state index in [9.17, 15) is 18.0 Å². The highest BCUT2D eigenvalue weighted by molar-refractivity contribution is 7.89. The fourth-order valence-electron chi connectivity index (χ4n) is 3.19. The van der Waals surface area contributed by atoms with Crippen LogP contribution in [0, 0.1) is 0 Å². The molecule has 0 N–H and O–H groups in total. The van der Waals surface area contributed by atoms with Crippen molar-refractivity contribution in [3.63, 3.8) is 0 Å². The van der Waals surface area contributed by atoms with E-state index in [4.69, 9.17) is 0 Å². The van der Waals surface area contributed by atoms with Gasteiger partial charge >= 0.3 is 0 Å². The summed E-state index contributed by atoms with van der Waals surface area (Å²) < 4.78 is 27.1. The van der Waals surface area contributed by atoms with Gasteiger partial charge in [-0.25, -0.2) is 13.3 Å². The summed E-state index contributed by atoms with van der Waals surface area (Å²) in [6.45, 7) is 4.78. The van der Waals surface area contributed by atoms with Crippen molar-refractivity contribution in [2.24, 2.45) is 0 Å². The van der Waals surface area contributed by atoms with Gasteiger partial charge in [-0.15, -0.1) is 0 Å². The number of nitrogens with zero attached hydrogens (tertiary/aromatic N) is 2. The lowest BCUT2D eigenvalue weighted by Crippen LogP contribution is -2.33. The van der Waals surface area contributed by atoms with Crippen molar-refractivity contribution in [3.8, 4) is 0 Å². The number of amides is 2. The smallest absolute Gasteiger partial charge is 0.266 e. The number of sulfonamides is 1. The van der Waals surface area contributed by atoms with Gasteiger partial charge in [0.2, 0.25) is 10.0 Å². The zero-order chi connectivity index (χ0) is 19.6. The Hall–Kier alpha value is -2.51. The summed E-state index contributed by atoms with van der Waals surface area (Å²) >= 11 is 0. The largest absolute Gasteiger partial charge is 0.268 e. The van der Waals surface area contributed by atoms with Crippen LogP contribution in [0.5, 0.6) is 0 Å². The van der Waals surface area contributed by atoms with Gasteiger partial charge in [-0.3, -0.25) is 9.59 Å². The molecule has 0 unspecified atom stereocenters. The summed E-state index contributed by atoms with van der Waals surface area (Å²) in [5.41, 5.74) is 1.07. The Morgan fingerprint density at radius 1 is 0.815 bits per heavy atom. The highest BCUT2D eigenvalue weighted by Gasteiger charge is 2.36. The molecule has 0 atom stereocenters. The Morgan fingerprint density at radius 3 is 1.74 bits per heavy atom. The predicted molar refractivity (Wildman–Crippen MR) is 103 cm³/mol. The average molecular weight is 386 g/mol. The normalized spacial score (nSPS) is 14.1. The van der Waals surface area contributed by atoms with Crippen LogP contribution in [0.4, 0.5) is 5.69 Å². The Morgan fingerprint density at radius 2 is 1.30 bits per heavy atom. The van der Waals surface area contributed by atoms with Crippen molar-refractivity contribution in [2.45, 2.75) is 31.6 Å². The Labute approximate surface area is 159 Å². The van der Waals surface area contributed by atoms with Crippen LogP contribution in [0.3, 0.4) is 0 Å². The van der Waals surface area contributed by atoms with Gasteiger partial charge in [-0.1, -0.05) is 26.0 Å². The molecule has 0 saturated carbocycles. The van der Waals surface area contributed by atoms with Gasteiger partial charge in [-0.05, 0) is 49.2 Å². The molecule has 1 aliphatic rings. The third kappa shape index (κ3) is 3.40. The first-order valence-corrected chi connectivity index (χ1v) is 10.4. The van der Waals surface area contributed by atoms with E-state index in [1.807, 2.05) is 13.8 Å². The third-order valence-electron chi connectivity index (χ3n) is 4.47. The lowest BCUT2D eigenvalue weighted by atomic mass is 10.1. The minimum atomic E-state index is -3.60. The van der Waals surface area contributed by atoms with E-state index >= 15 is 0 Å². The predicted octanol–water partition coefficient (Wildman–Crippen LogP) is 3.30. The van der Waals surface area contributed by atoms with Crippen LogP contribution in [0.1, 0.15) is 47.4 Å². The van der Waals surface area contributed by atoms with Gasteiger partial charge in [0.05, 0.1) is 21.7 Å². The molecule has 2 aromatic carbocycles. The minimum absolute atomic E-state index is 0.157.